The number of anilines is 1. The zero-order valence-corrected chi connectivity index (χ0v) is 10.9. The van der Waals surface area contributed by atoms with Crippen LogP contribution < -0.4 is 5.32 Å². The average molecular weight is 261 g/mol. The van der Waals surface area contributed by atoms with E-state index in [4.69, 9.17) is 0 Å². The van der Waals surface area contributed by atoms with Crippen molar-refractivity contribution < 1.29 is 8.78 Å². The minimum Gasteiger partial charge on any atom is -0.381 e. The van der Waals surface area contributed by atoms with Gasteiger partial charge in [-0.05, 0) is 29.7 Å². The van der Waals surface area contributed by atoms with Gasteiger partial charge in [0, 0.05) is 17.8 Å². The number of nitrogens with one attached hydrogen (secondary N) is 1. The number of halogens is 2. The van der Waals surface area contributed by atoms with Gasteiger partial charge in [0.05, 0.1) is 0 Å². The van der Waals surface area contributed by atoms with E-state index in [2.05, 4.69) is 24.4 Å². The summed E-state index contributed by atoms with van der Waals surface area (Å²) in [6.45, 7) is 2.75. The fourth-order valence-electron chi connectivity index (χ4n) is 1.84. The van der Waals surface area contributed by atoms with E-state index in [9.17, 15) is 8.78 Å². The first-order chi connectivity index (χ1) is 9.19. The van der Waals surface area contributed by atoms with Gasteiger partial charge in [-0.3, -0.25) is 0 Å². The average Bonchev–Trinajstić information content (AvgIpc) is 2.46. The quantitative estimate of drug-likeness (QED) is 0.815. The van der Waals surface area contributed by atoms with Gasteiger partial charge in [0.15, 0.2) is 0 Å². The van der Waals surface area contributed by atoms with Gasteiger partial charge in [0.25, 0.3) is 6.43 Å². The highest BCUT2D eigenvalue weighted by Crippen LogP contribution is 2.19. The van der Waals surface area contributed by atoms with Crippen molar-refractivity contribution in [3.05, 3.63) is 65.2 Å². The van der Waals surface area contributed by atoms with Gasteiger partial charge < -0.3 is 5.32 Å². The SMILES string of the molecule is CCc1ccc(NCc2ccc(C(F)F)cc2)cc1. The van der Waals surface area contributed by atoms with E-state index in [1.807, 2.05) is 12.1 Å². The van der Waals surface area contributed by atoms with Crippen LogP contribution in [0.4, 0.5) is 14.5 Å². The highest BCUT2D eigenvalue weighted by atomic mass is 19.3. The molecule has 3 heteroatoms. The van der Waals surface area contributed by atoms with Crippen molar-refractivity contribution in [2.75, 3.05) is 5.32 Å². The van der Waals surface area contributed by atoms with E-state index in [-0.39, 0.29) is 5.56 Å². The first-order valence-corrected chi connectivity index (χ1v) is 6.39. The first-order valence-electron chi connectivity index (χ1n) is 6.39. The topological polar surface area (TPSA) is 12.0 Å². The predicted molar refractivity (Wildman–Crippen MR) is 74.5 cm³/mol. The molecule has 2 aromatic rings. The van der Waals surface area contributed by atoms with Crippen LogP contribution in [0.3, 0.4) is 0 Å². The summed E-state index contributed by atoms with van der Waals surface area (Å²) in [7, 11) is 0. The Hall–Kier alpha value is -1.90. The number of alkyl halides is 2. The van der Waals surface area contributed by atoms with Gasteiger partial charge >= 0.3 is 0 Å². The number of hydrogen-bond donors (Lipinski definition) is 1. The Bertz CT molecular complexity index is 503. The molecular formula is C16H17F2N. The predicted octanol–water partition coefficient (Wildman–Crippen LogP) is 4.80. The van der Waals surface area contributed by atoms with Crippen molar-refractivity contribution in [2.24, 2.45) is 0 Å². The van der Waals surface area contributed by atoms with E-state index >= 15 is 0 Å². The molecule has 0 saturated heterocycles. The molecule has 1 N–H and O–H groups in total. The summed E-state index contributed by atoms with van der Waals surface area (Å²) in [4.78, 5) is 0. The number of hydrogen-bond acceptors (Lipinski definition) is 1. The lowest BCUT2D eigenvalue weighted by Gasteiger charge is -2.08. The van der Waals surface area contributed by atoms with Crippen LogP contribution in [0, 0.1) is 0 Å². The third-order valence-corrected chi connectivity index (χ3v) is 3.09. The summed E-state index contributed by atoms with van der Waals surface area (Å²) >= 11 is 0. The Balaban J connectivity index is 1.94. The molecule has 19 heavy (non-hydrogen) atoms. The first kappa shape index (κ1) is 13.5. The Labute approximate surface area is 112 Å². The molecule has 1 nitrogen and oxygen atoms in total. The number of aryl methyl sites for hydroxylation is 1. The van der Waals surface area contributed by atoms with E-state index in [1.165, 1.54) is 17.7 Å². The van der Waals surface area contributed by atoms with Crippen LogP contribution in [0.5, 0.6) is 0 Å². The maximum absolute atomic E-state index is 12.4. The van der Waals surface area contributed by atoms with E-state index in [0.29, 0.717) is 6.54 Å². The lowest BCUT2D eigenvalue weighted by molar-refractivity contribution is 0.151. The van der Waals surface area contributed by atoms with Gasteiger partial charge in [0.1, 0.15) is 0 Å². The fourth-order valence-corrected chi connectivity index (χ4v) is 1.84. The normalized spacial score (nSPS) is 10.7. The van der Waals surface area contributed by atoms with Gasteiger partial charge in [-0.2, -0.15) is 0 Å². The molecule has 0 fully saturated rings. The van der Waals surface area contributed by atoms with Crippen molar-refractivity contribution >= 4 is 5.69 Å². The van der Waals surface area contributed by atoms with Gasteiger partial charge in [-0.25, -0.2) is 8.78 Å². The lowest BCUT2D eigenvalue weighted by atomic mass is 10.1. The molecule has 0 spiro atoms. The van der Waals surface area contributed by atoms with Crippen LogP contribution in [0.2, 0.25) is 0 Å². The molecule has 0 aliphatic heterocycles. The molecule has 100 valence electrons. The second-order valence-electron chi connectivity index (χ2n) is 4.45. The van der Waals surface area contributed by atoms with Crippen molar-refractivity contribution in [2.45, 2.75) is 26.3 Å². The Morgan fingerprint density at radius 1 is 0.895 bits per heavy atom. The molecule has 0 atom stereocenters. The van der Waals surface area contributed by atoms with Crippen molar-refractivity contribution in [1.29, 1.82) is 0 Å². The Kier molecular flexibility index (Phi) is 4.50. The minimum absolute atomic E-state index is 0.0658. The molecule has 0 saturated carbocycles. The van der Waals surface area contributed by atoms with Gasteiger partial charge in [0.2, 0.25) is 0 Å². The van der Waals surface area contributed by atoms with Crippen molar-refractivity contribution in [3.63, 3.8) is 0 Å². The van der Waals surface area contributed by atoms with E-state index in [0.717, 1.165) is 17.7 Å². The molecule has 0 radical (unpaired) electrons. The summed E-state index contributed by atoms with van der Waals surface area (Å²) in [5, 5.41) is 3.27. The molecule has 2 aromatic carbocycles. The molecule has 0 amide bonds. The summed E-state index contributed by atoms with van der Waals surface area (Å²) in [6.07, 6.45) is -1.38. The number of rotatable bonds is 5. The minimum atomic E-state index is -2.40. The Morgan fingerprint density at radius 3 is 2.00 bits per heavy atom. The summed E-state index contributed by atoms with van der Waals surface area (Å²) in [6, 6.07) is 14.6. The molecular weight excluding hydrogens is 244 g/mol. The molecule has 0 heterocycles. The van der Waals surface area contributed by atoms with Crippen molar-refractivity contribution in [3.8, 4) is 0 Å². The van der Waals surface area contributed by atoms with Gasteiger partial charge in [-0.1, -0.05) is 43.3 Å². The summed E-state index contributed by atoms with van der Waals surface area (Å²) in [5.41, 5.74) is 3.39. The van der Waals surface area contributed by atoms with E-state index in [1.54, 1.807) is 12.1 Å². The molecule has 0 aliphatic carbocycles. The third kappa shape index (κ3) is 3.78. The standard InChI is InChI=1S/C16H17F2N/c1-2-12-5-9-15(10-6-12)19-11-13-3-7-14(8-4-13)16(17)18/h3-10,16,19H,2,11H2,1H3. The maximum Gasteiger partial charge on any atom is 0.263 e. The molecule has 0 aliphatic rings. The lowest BCUT2D eigenvalue weighted by Crippen LogP contribution is -1.99. The zero-order valence-electron chi connectivity index (χ0n) is 10.9. The highest BCUT2D eigenvalue weighted by molar-refractivity contribution is 5.45. The largest absolute Gasteiger partial charge is 0.381 e. The fraction of sp³-hybridized carbons (Fsp3) is 0.250. The van der Waals surface area contributed by atoms with Crippen LogP contribution >= 0.6 is 0 Å². The van der Waals surface area contributed by atoms with Crippen LogP contribution in [-0.4, -0.2) is 0 Å². The monoisotopic (exact) mass is 261 g/mol. The number of benzene rings is 2. The smallest absolute Gasteiger partial charge is 0.263 e. The summed E-state index contributed by atoms with van der Waals surface area (Å²) < 4.78 is 24.8. The maximum atomic E-state index is 12.4. The van der Waals surface area contributed by atoms with Crippen LogP contribution in [0.15, 0.2) is 48.5 Å². The molecule has 0 unspecified atom stereocenters. The third-order valence-electron chi connectivity index (χ3n) is 3.09. The molecule has 0 bridgehead atoms. The van der Waals surface area contributed by atoms with E-state index < -0.39 is 6.43 Å². The molecule has 2 rings (SSSR count). The second kappa shape index (κ2) is 6.32. The summed E-state index contributed by atoms with van der Waals surface area (Å²) in [5.74, 6) is 0. The van der Waals surface area contributed by atoms with Gasteiger partial charge in [-0.15, -0.1) is 0 Å². The van der Waals surface area contributed by atoms with Crippen LogP contribution in [-0.2, 0) is 13.0 Å². The van der Waals surface area contributed by atoms with Crippen LogP contribution in [0.1, 0.15) is 30.0 Å². The molecule has 0 aromatic heterocycles. The highest BCUT2D eigenvalue weighted by Gasteiger charge is 2.05. The zero-order chi connectivity index (χ0) is 13.7. The second-order valence-corrected chi connectivity index (χ2v) is 4.45. The van der Waals surface area contributed by atoms with Crippen LogP contribution in [0.25, 0.3) is 0 Å². The van der Waals surface area contributed by atoms with Crippen molar-refractivity contribution in [1.82, 2.24) is 0 Å². The Morgan fingerprint density at radius 2 is 1.47 bits per heavy atom.